The van der Waals surface area contributed by atoms with Crippen LogP contribution in [0.15, 0.2) is 91.7 Å². The normalized spacial score (nSPS) is 15.7. The van der Waals surface area contributed by atoms with E-state index >= 15 is 0 Å². The lowest BCUT2D eigenvalue weighted by atomic mass is 10.2. The van der Waals surface area contributed by atoms with Gasteiger partial charge in [0.05, 0.1) is 41.4 Å². The fourth-order valence-corrected chi connectivity index (χ4v) is 6.28. The molecule has 180 valence electrons. The third kappa shape index (κ3) is 5.39. The molecule has 1 aliphatic heterocycles. The average Bonchev–Trinajstić information content (AvgIpc) is 3.54. The van der Waals surface area contributed by atoms with Crippen LogP contribution in [0.2, 0.25) is 0 Å². The molecule has 0 atom stereocenters. The number of H-pyrrole nitrogens is 1. The smallest absolute Gasteiger partial charge is 0.243 e. The summed E-state index contributed by atoms with van der Waals surface area (Å²) >= 11 is 4.99. The van der Waals surface area contributed by atoms with Crippen molar-refractivity contribution in [3.8, 4) is 11.3 Å². The number of thiazole rings is 1. The third-order valence-electron chi connectivity index (χ3n) is 5.41. The molecule has 1 saturated heterocycles. The Balaban J connectivity index is 1.51. The average molecular weight is 573 g/mol. The van der Waals surface area contributed by atoms with Gasteiger partial charge in [0.25, 0.3) is 0 Å². The molecule has 3 heterocycles. The van der Waals surface area contributed by atoms with Crippen LogP contribution in [0, 0.1) is 0 Å². The highest BCUT2D eigenvalue weighted by atomic mass is 79.9. The number of benzene rings is 2. The second-order valence-electron chi connectivity index (χ2n) is 7.72. The Morgan fingerprint density at radius 3 is 2.57 bits per heavy atom. The number of nitrogens with one attached hydrogen (secondary N) is 1. The van der Waals surface area contributed by atoms with Crippen molar-refractivity contribution < 1.29 is 13.2 Å². The van der Waals surface area contributed by atoms with E-state index in [1.165, 1.54) is 15.6 Å². The first-order valence-electron chi connectivity index (χ1n) is 10.9. The molecule has 8 nitrogen and oxygen atoms in total. The maximum absolute atomic E-state index is 12.9. The highest BCUT2D eigenvalue weighted by Crippen LogP contribution is 2.25. The minimum absolute atomic E-state index is 0.247. The predicted octanol–water partition coefficient (Wildman–Crippen LogP) is 4.44. The van der Waals surface area contributed by atoms with Crippen molar-refractivity contribution in [2.75, 3.05) is 26.3 Å². The van der Waals surface area contributed by atoms with E-state index in [4.69, 9.17) is 9.73 Å². The Morgan fingerprint density at radius 2 is 1.86 bits per heavy atom. The van der Waals surface area contributed by atoms with E-state index < -0.39 is 10.0 Å². The first-order valence-corrected chi connectivity index (χ1v) is 14.0. The molecule has 35 heavy (non-hydrogen) atoms. The third-order valence-corrected chi connectivity index (χ3v) is 8.63. The van der Waals surface area contributed by atoms with E-state index in [1.54, 1.807) is 35.2 Å². The van der Waals surface area contributed by atoms with E-state index in [0.29, 0.717) is 36.8 Å². The number of rotatable bonds is 6. The van der Waals surface area contributed by atoms with Crippen LogP contribution in [0.1, 0.15) is 5.69 Å². The van der Waals surface area contributed by atoms with Gasteiger partial charge in [0.15, 0.2) is 0 Å². The number of halogens is 1. The van der Waals surface area contributed by atoms with E-state index in [2.05, 4.69) is 26.0 Å². The molecule has 0 aliphatic carbocycles. The largest absolute Gasteiger partial charge is 0.379 e. The Morgan fingerprint density at radius 1 is 1.06 bits per heavy atom. The molecular formula is C24H22BrN5O3S2. The molecule has 1 N–H and O–H groups in total. The maximum atomic E-state index is 12.9. The fourth-order valence-electron chi connectivity index (χ4n) is 3.62. The van der Waals surface area contributed by atoms with E-state index in [1.807, 2.05) is 48.0 Å². The van der Waals surface area contributed by atoms with Crippen LogP contribution in [-0.4, -0.2) is 54.9 Å². The van der Waals surface area contributed by atoms with Crippen molar-refractivity contribution >= 4 is 49.2 Å². The number of ether oxygens (including phenoxy) is 1. The maximum Gasteiger partial charge on any atom is 0.243 e. The van der Waals surface area contributed by atoms with Gasteiger partial charge in [-0.1, -0.05) is 28.1 Å². The molecule has 4 aromatic rings. The van der Waals surface area contributed by atoms with Crippen molar-refractivity contribution in [3.63, 3.8) is 0 Å². The number of sulfonamides is 1. The van der Waals surface area contributed by atoms with E-state index in [-0.39, 0.29) is 4.90 Å². The molecule has 1 aliphatic rings. The van der Waals surface area contributed by atoms with Crippen molar-refractivity contribution in [3.05, 3.63) is 87.2 Å². The van der Waals surface area contributed by atoms with Crippen LogP contribution in [0.5, 0.6) is 0 Å². The number of aromatic amines is 1. The molecule has 2 aromatic heterocycles. The van der Waals surface area contributed by atoms with Crippen LogP contribution in [0.25, 0.3) is 11.3 Å². The number of hydrogen-bond donors (Lipinski definition) is 1. The van der Waals surface area contributed by atoms with Gasteiger partial charge >= 0.3 is 0 Å². The second kappa shape index (κ2) is 10.4. The highest BCUT2D eigenvalue weighted by Gasteiger charge is 2.26. The van der Waals surface area contributed by atoms with Crippen LogP contribution < -0.4 is 4.80 Å². The number of nitrogens with zero attached hydrogens (tertiary/aromatic N) is 4. The Kier molecular flexibility index (Phi) is 7.12. The summed E-state index contributed by atoms with van der Waals surface area (Å²) in [4.78, 5) is 8.79. The molecule has 0 radical (unpaired) electrons. The Bertz CT molecular complexity index is 1500. The summed E-state index contributed by atoms with van der Waals surface area (Å²) in [6.07, 6.45) is 3.58. The summed E-state index contributed by atoms with van der Waals surface area (Å²) in [7, 11) is -3.55. The van der Waals surface area contributed by atoms with Gasteiger partial charge in [0.1, 0.15) is 0 Å². The van der Waals surface area contributed by atoms with Crippen molar-refractivity contribution in [1.82, 2.24) is 14.0 Å². The van der Waals surface area contributed by atoms with Crippen molar-refractivity contribution in [1.29, 1.82) is 0 Å². The summed E-state index contributed by atoms with van der Waals surface area (Å²) in [5, 5.41) is 6.68. The summed E-state index contributed by atoms with van der Waals surface area (Å²) in [6, 6.07) is 18.4. The van der Waals surface area contributed by atoms with Gasteiger partial charge in [-0.15, -0.1) is 11.3 Å². The molecule has 1 fully saturated rings. The number of morpholine rings is 1. The topological polar surface area (TPSA) is 92.0 Å². The van der Waals surface area contributed by atoms with Gasteiger partial charge in [0, 0.05) is 34.7 Å². The summed E-state index contributed by atoms with van der Waals surface area (Å²) < 4.78 is 35.3. The zero-order chi connectivity index (χ0) is 24.3. The Labute approximate surface area is 215 Å². The molecule has 2 aromatic carbocycles. The summed E-state index contributed by atoms with van der Waals surface area (Å²) in [6.45, 7) is 1.55. The monoisotopic (exact) mass is 571 g/mol. The fraction of sp³-hybridized carbons (Fsp3) is 0.167. The van der Waals surface area contributed by atoms with Crippen LogP contribution >= 0.6 is 27.3 Å². The minimum atomic E-state index is -3.55. The first kappa shape index (κ1) is 23.9. The SMILES string of the molecule is O=S(=O)(c1ccc(N=c2scc(-c3cccc(Br)c3)n2N=Cc2ccc[nH]2)cc1)N1CCOCC1. The molecule has 0 saturated carbocycles. The minimum Gasteiger partial charge on any atom is -0.379 e. The van der Waals surface area contributed by atoms with Crippen LogP contribution in [0.4, 0.5) is 5.69 Å². The summed E-state index contributed by atoms with van der Waals surface area (Å²) in [5.41, 5.74) is 3.39. The van der Waals surface area contributed by atoms with Gasteiger partial charge in [0.2, 0.25) is 14.8 Å². The van der Waals surface area contributed by atoms with Crippen molar-refractivity contribution in [2.45, 2.75) is 4.90 Å². The molecule has 0 bridgehead atoms. The first-order chi connectivity index (χ1) is 17.0. The lowest BCUT2D eigenvalue weighted by Gasteiger charge is -2.26. The van der Waals surface area contributed by atoms with Gasteiger partial charge in [-0.25, -0.2) is 18.1 Å². The molecule has 5 rings (SSSR count). The number of hydrogen-bond acceptors (Lipinski definition) is 6. The molecule has 0 unspecified atom stereocenters. The van der Waals surface area contributed by atoms with E-state index in [9.17, 15) is 8.42 Å². The van der Waals surface area contributed by atoms with Crippen molar-refractivity contribution in [2.24, 2.45) is 10.1 Å². The van der Waals surface area contributed by atoms with Gasteiger partial charge < -0.3 is 9.72 Å². The molecule has 0 spiro atoms. The second-order valence-corrected chi connectivity index (χ2v) is 11.4. The van der Waals surface area contributed by atoms with Crippen LogP contribution in [-0.2, 0) is 14.8 Å². The quantitative estimate of drug-likeness (QED) is 0.347. The zero-order valence-corrected chi connectivity index (χ0v) is 21.8. The summed E-state index contributed by atoms with van der Waals surface area (Å²) in [5.74, 6) is 0. The number of aromatic nitrogens is 2. The molecular weight excluding hydrogens is 550 g/mol. The van der Waals surface area contributed by atoms with Gasteiger partial charge in [-0.05, 0) is 48.5 Å². The van der Waals surface area contributed by atoms with E-state index in [0.717, 1.165) is 21.4 Å². The highest BCUT2D eigenvalue weighted by molar-refractivity contribution is 9.10. The van der Waals surface area contributed by atoms with Gasteiger partial charge in [-0.3, -0.25) is 0 Å². The van der Waals surface area contributed by atoms with Gasteiger partial charge in [-0.2, -0.15) is 9.41 Å². The zero-order valence-electron chi connectivity index (χ0n) is 18.5. The lowest BCUT2D eigenvalue weighted by molar-refractivity contribution is 0.0730. The lowest BCUT2D eigenvalue weighted by Crippen LogP contribution is -2.40. The standard InChI is InChI=1S/C24H22BrN5O3S2/c25-19-4-1-3-18(15-19)23-17-34-24(30(23)27-16-21-5-2-10-26-21)28-20-6-8-22(9-7-20)35(31,32)29-11-13-33-14-12-29/h1-10,15-17,26H,11-14H2. The molecule has 0 amide bonds. The van der Waals surface area contributed by atoms with Crippen LogP contribution in [0.3, 0.4) is 0 Å². The predicted molar refractivity (Wildman–Crippen MR) is 140 cm³/mol. The molecule has 11 heteroatoms. The Hall–Kier alpha value is -2.83.